The van der Waals surface area contributed by atoms with Gasteiger partial charge in [0.2, 0.25) is 0 Å². The number of halogens is 5. The fourth-order valence-electron chi connectivity index (χ4n) is 12.9. The van der Waals surface area contributed by atoms with Gasteiger partial charge in [-0.3, -0.25) is 0 Å². The number of anilines is 2. The fourth-order valence-corrected chi connectivity index (χ4v) is 13.2. The molecular weight excluding hydrogens is 1330 g/mol. The first-order chi connectivity index (χ1) is 45.1. The van der Waals surface area contributed by atoms with E-state index in [0.29, 0.717) is 11.1 Å². The van der Waals surface area contributed by atoms with Gasteiger partial charge in [-0.05, 0) is 178 Å². The Hall–Kier alpha value is -5.84. The quantitative estimate of drug-likeness (QED) is 0.104. The molecule has 4 aromatic rings. The lowest BCUT2D eigenvalue weighted by atomic mass is 9.49. The van der Waals surface area contributed by atoms with Crippen molar-refractivity contribution in [3.8, 4) is 0 Å². The summed E-state index contributed by atoms with van der Waals surface area (Å²) >= 11 is 3.41. The molecule has 528 valence electrons. The summed E-state index contributed by atoms with van der Waals surface area (Å²) in [5.41, 5.74) is -4.29. The number of hydrogen-bond donors (Lipinski definition) is 4. The molecule has 7 aliphatic heterocycles. The van der Waals surface area contributed by atoms with Crippen molar-refractivity contribution in [3.05, 3.63) is 124 Å². The molecule has 4 N–H and O–H groups in total. The molecule has 7 aliphatic rings. The highest BCUT2D eigenvalue weighted by atomic mass is 79.9. The second kappa shape index (κ2) is 28.5. The molecule has 0 aromatic heterocycles. The van der Waals surface area contributed by atoms with Gasteiger partial charge >= 0.3 is 45.4 Å². The molecule has 4 atom stereocenters. The molecule has 7 heterocycles. The van der Waals surface area contributed by atoms with Crippen molar-refractivity contribution >= 4 is 93.6 Å². The number of rotatable bonds is 6. The van der Waals surface area contributed by atoms with Gasteiger partial charge in [0.15, 0.2) is 0 Å². The highest BCUT2D eigenvalue weighted by Gasteiger charge is 2.64. The van der Waals surface area contributed by atoms with Crippen LogP contribution < -0.4 is 16.1 Å². The minimum absolute atomic E-state index is 0.00165. The van der Waals surface area contributed by atoms with Gasteiger partial charge in [-0.1, -0.05) is 52.3 Å². The maximum Gasteiger partial charge on any atom is 0.494 e. The van der Waals surface area contributed by atoms with Crippen LogP contribution in [0.15, 0.2) is 89.4 Å². The Balaban J connectivity index is 0.000000199. The number of carbonyl (C=O) groups is 4. The third-order valence-electron chi connectivity index (χ3n) is 20.1. The van der Waals surface area contributed by atoms with Crippen LogP contribution in [0.25, 0.3) is 0 Å². The van der Waals surface area contributed by atoms with Gasteiger partial charge in [-0.25, -0.2) is 36.7 Å². The van der Waals surface area contributed by atoms with E-state index in [-0.39, 0.29) is 86.1 Å². The van der Waals surface area contributed by atoms with E-state index in [2.05, 4.69) is 42.0 Å². The summed E-state index contributed by atoms with van der Waals surface area (Å²) < 4.78 is 103. The van der Waals surface area contributed by atoms with Crippen LogP contribution >= 0.6 is 15.9 Å². The predicted molar refractivity (Wildman–Crippen MR) is 371 cm³/mol. The summed E-state index contributed by atoms with van der Waals surface area (Å²) in [5, 5.41) is 29.4. The molecule has 4 unspecified atom stereocenters. The summed E-state index contributed by atoms with van der Waals surface area (Å²) in [6.07, 6.45) is -0.965. The zero-order chi connectivity index (χ0) is 73.1. The molecule has 7 fully saturated rings. The third kappa shape index (κ3) is 17.0. The third-order valence-corrected chi connectivity index (χ3v) is 20.6. The van der Waals surface area contributed by atoms with E-state index in [9.17, 15) is 47.0 Å². The van der Waals surface area contributed by atoms with E-state index in [0.717, 1.165) is 46.3 Å². The maximum absolute atomic E-state index is 13.7. The molecule has 4 bridgehead atoms. The zero-order valence-electron chi connectivity index (χ0n) is 59.4. The van der Waals surface area contributed by atoms with E-state index in [4.69, 9.17) is 37.4 Å². The van der Waals surface area contributed by atoms with Crippen LogP contribution in [-0.2, 0) is 48.6 Å². The van der Waals surface area contributed by atoms with Gasteiger partial charge in [0.1, 0.15) is 45.7 Å². The second-order valence-electron chi connectivity index (χ2n) is 31.2. The van der Waals surface area contributed by atoms with Crippen LogP contribution in [0.3, 0.4) is 0 Å². The Bertz CT molecular complexity index is 3400. The van der Waals surface area contributed by atoms with Gasteiger partial charge in [-0.2, -0.15) is 0 Å². The number of nitrogens with zero attached hydrogens (tertiary/aromatic N) is 4. The SMILES string of the molecule is CC(C)(C)OC(=O)N1CC2CN(C(=O)Nc3cc(F)cc(F)c3)CC(C1)C2(O)c1ccc(B2OC(C)(C)C(C)(C)O2)cc1.CC(C)(C)OC(=O)N1CC2CN(C(=O)Nc3cc(F)cc(F)c3)CC(C1)C2(O)c1ccc(Br)cc1.CC1(C)OB(B2OC(C)(C)C(C)(C)O2)OC1(C)C.[B][B]. The number of fused-ring (bicyclic) bond motifs is 4. The van der Waals surface area contributed by atoms with E-state index < -0.39 is 126 Å². The van der Waals surface area contributed by atoms with Crippen molar-refractivity contribution in [1.29, 1.82) is 0 Å². The Kier molecular flexibility index (Phi) is 22.7. The number of aliphatic hydroxyl groups is 2. The first kappa shape index (κ1) is 77.9. The lowest BCUT2D eigenvalue weighted by Gasteiger charge is -2.55. The summed E-state index contributed by atoms with van der Waals surface area (Å²) in [6.45, 7) is 35.9. The Morgan fingerprint density at radius 2 is 0.714 bits per heavy atom. The van der Waals surface area contributed by atoms with Crippen molar-refractivity contribution < 1.29 is 84.4 Å². The van der Waals surface area contributed by atoms with Crippen molar-refractivity contribution in [2.45, 2.75) is 181 Å². The van der Waals surface area contributed by atoms with Gasteiger partial charge < -0.3 is 77.8 Å². The van der Waals surface area contributed by atoms with Crippen molar-refractivity contribution in [2.75, 3.05) is 63.0 Å². The van der Waals surface area contributed by atoms with Crippen LogP contribution in [0, 0.1) is 46.9 Å². The molecule has 98 heavy (non-hydrogen) atoms. The molecule has 0 aliphatic carbocycles. The van der Waals surface area contributed by atoms with E-state index in [1.165, 1.54) is 9.80 Å². The first-order valence-corrected chi connectivity index (χ1v) is 33.6. The molecule has 6 amide bonds. The summed E-state index contributed by atoms with van der Waals surface area (Å²) in [7, 11) is 6.49. The number of nitrogens with one attached hydrogen (secondary N) is 2. The maximum atomic E-state index is 13.7. The number of urea groups is 2. The number of benzene rings is 4. The van der Waals surface area contributed by atoms with E-state index in [1.54, 1.807) is 51.3 Å². The molecule has 0 spiro atoms. The number of hydrogen-bond acceptors (Lipinski definition) is 14. The van der Waals surface area contributed by atoms with Crippen molar-refractivity contribution in [2.24, 2.45) is 23.7 Å². The normalized spacial score (nSPS) is 26.1. The molecule has 4 radical (unpaired) electrons. The molecule has 4 aromatic carbocycles. The summed E-state index contributed by atoms with van der Waals surface area (Å²) in [6, 6.07) is 19.3. The van der Waals surface area contributed by atoms with Gasteiger partial charge in [0.25, 0.3) is 0 Å². The van der Waals surface area contributed by atoms with Crippen LogP contribution in [0.5, 0.6) is 0 Å². The van der Waals surface area contributed by atoms with E-state index in [1.807, 2.05) is 132 Å². The molecule has 0 saturated carbocycles. The standard InChI is InChI=1S/C31H40BF2N3O6.C25H28BrF2N3O4.C12H24B2O4.B2/c1-28(2,3)41-27(39)37-17-20-15-36(26(38)35-25-13-23(33)12-24(34)14-25)16-21(18-37)31(20,40)19-8-10-22(11-9-19)32-42-29(4,5)30(6,7)43-32;1-24(2,3)35-23(33)31-13-16-11-30(22(32)29-21-9-19(27)8-20(28)10-21)12-17(14-31)25(16,34)15-4-6-18(26)7-5-15;1-9(2)10(3,4)16-13(15-9)14-17-11(5,6)12(7,8)18-14;1-2/h8-14,20-21,40H,15-18H2,1-7H3,(H,35,38);4-10,16-17,34H,11-14H2,1-3H3,(H,29,32);1-8H3;. The number of ether oxygens (including phenoxy) is 2. The molecule has 20 nitrogen and oxygen atoms in total. The molecular formula is C68H92B5BrF4N6O14. The Labute approximate surface area is 585 Å². The van der Waals surface area contributed by atoms with Gasteiger partial charge in [-0.15, -0.1) is 0 Å². The second-order valence-corrected chi connectivity index (χ2v) is 32.1. The van der Waals surface area contributed by atoms with Crippen LogP contribution in [0.4, 0.5) is 48.1 Å². The van der Waals surface area contributed by atoms with E-state index >= 15 is 0 Å². The summed E-state index contributed by atoms with van der Waals surface area (Å²) in [4.78, 5) is 58.2. The minimum atomic E-state index is -1.37. The molecule has 11 rings (SSSR count). The zero-order valence-corrected chi connectivity index (χ0v) is 61.0. The average molecular weight is 1430 g/mol. The lowest BCUT2D eigenvalue weighted by molar-refractivity contribution is -0.154. The first-order valence-electron chi connectivity index (χ1n) is 32.8. The number of likely N-dealkylation sites (tertiary alicyclic amines) is 4. The fraction of sp³-hybridized carbons (Fsp3) is 0.588. The highest BCUT2D eigenvalue weighted by molar-refractivity contribution is 9.10. The number of amides is 6. The monoisotopic (exact) mass is 1430 g/mol. The molecule has 30 heteroatoms. The minimum Gasteiger partial charge on any atom is -0.444 e. The topological polar surface area (TPSA) is 220 Å². The van der Waals surface area contributed by atoms with Crippen molar-refractivity contribution in [1.82, 2.24) is 19.6 Å². The number of piperidine rings is 4. The Morgan fingerprint density at radius 1 is 0.459 bits per heavy atom. The van der Waals surface area contributed by atoms with Crippen LogP contribution in [-0.4, -0.2) is 188 Å². The largest absolute Gasteiger partial charge is 0.494 e. The smallest absolute Gasteiger partial charge is 0.444 e. The van der Waals surface area contributed by atoms with Crippen LogP contribution in [0.1, 0.15) is 136 Å². The molecule has 7 saturated heterocycles. The average Bonchev–Trinajstić information content (AvgIpc) is 1.03. The van der Waals surface area contributed by atoms with Crippen molar-refractivity contribution in [3.63, 3.8) is 0 Å². The lowest BCUT2D eigenvalue weighted by Crippen LogP contribution is -2.67. The Morgan fingerprint density at radius 3 is 0.990 bits per heavy atom. The highest BCUT2D eigenvalue weighted by Crippen LogP contribution is 2.49. The number of carbonyl (C=O) groups excluding carboxylic acids is 4. The van der Waals surface area contributed by atoms with Gasteiger partial charge in [0, 0.05) is 119 Å². The van der Waals surface area contributed by atoms with Crippen LogP contribution in [0.2, 0.25) is 0 Å². The summed E-state index contributed by atoms with van der Waals surface area (Å²) in [5.74, 6) is -5.40. The predicted octanol–water partition coefficient (Wildman–Crippen LogP) is 10.9. The van der Waals surface area contributed by atoms with Gasteiger partial charge in [0.05, 0.1) is 33.6 Å².